The van der Waals surface area contributed by atoms with Crippen molar-refractivity contribution in [3.8, 4) is 0 Å². The first-order valence-corrected chi connectivity index (χ1v) is 15.0. The van der Waals surface area contributed by atoms with Gasteiger partial charge in [-0.25, -0.2) is 4.99 Å². The Labute approximate surface area is 237 Å². The average molecular weight is 534 g/mol. The summed E-state index contributed by atoms with van der Waals surface area (Å²) >= 11 is 7.00. The number of rotatable bonds is 4. The second-order valence-corrected chi connectivity index (χ2v) is 11.9. The summed E-state index contributed by atoms with van der Waals surface area (Å²) in [6, 6.07) is 0. The van der Waals surface area contributed by atoms with Crippen molar-refractivity contribution in [3.63, 3.8) is 0 Å². The quantitative estimate of drug-likeness (QED) is 0.365. The van der Waals surface area contributed by atoms with E-state index < -0.39 is 0 Å². The molecule has 5 unspecified atom stereocenters. The highest BCUT2D eigenvalue weighted by Gasteiger charge is 2.34. The smallest absolute Gasteiger partial charge is 0.127 e. The molecule has 6 aliphatic carbocycles. The lowest BCUT2D eigenvalue weighted by atomic mass is 9.69. The topological polar surface area (TPSA) is 36.4 Å². The monoisotopic (exact) mass is 533 g/mol. The minimum absolute atomic E-state index is 0.0388. The van der Waals surface area contributed by atoms with E-state index in [0.29, 0.717) is 11.8 Å². The van der Waals surface area contributed by atoms with Crippen molar-refractivity contribution < 1.29 is 0 Å². The summed E-state index contributed by atoms with van der Waals surface area (Å²) in [4.78, 5) is 5.17. The van der Waals surface area contributed by atoms with E-state index in [1.54, 1.807) is 0 Å². The van der Waals surface area contributed by atoms with Gasteiger partial charge in [-0.2, -0.15) is 0 Å². The molecule has 2 N–H and O–H groups in total. The van der Waals surface area contributed by atoms with E-state index in [0.717, 1.165) is 50.8 Å². The molecule has 0 aromatic carbocycles. The molecule has 0 bridgehead atoms. The van der Waals surface area contributed by atoms with Gasteiger partial charge in [-0.15, -0.1) is 11.6 Å². The van der Waals surface area contributed by atoms with Gasteiger partial charge in [-0.3, -0.25) is 5.32 Å². The van der Waals surface area contributed by atoms with Crippen molar-refractivity contribution in [2.75, 3.05) is 0 Å². The predicted octanol–water partition coefficient (Wildman–Crippen LogP) is 7.59. The van der Waals surface area contributed by atoms with Crippen LogP contribution in [0.5, 0.6) is 0 Å². The van der Waals surface area contributed by atoms with Crippen LogP contribution in [0.3, 0.4) is 0 Å². The molecule has 39 heavy (non-hydrogen) atoms. The van der Waals surface area contributed by atoms with E-state index >= 15 is 0 Å². The molecule has 198 valence electrons. The van der Waals surface area contributed by atoms with Crippen molar-refractivity contribution in [3.05, 3.63) is 130 Å². The number of hydrogen-bond acceptors (Lipinski definition) is 3. The molecule has 0 aromatic heterocycles. The predicted molar refractivity (Wildman–Crippen MR) is 163 cm³/mol. The fraction of sp³-hybridized carbons (Fsp3) is 0.343. The fourth-order valence-electron chi connectivity index (χ4n) is 6.86. The molecule has 0 aromatic rings. The normalized spacial score (nSPS) is 33.2. The zero-order chi connectivity index (χ0) is 26.2. The molecule has 0 radical (unpaired) electrons. The average Bonchev–Trinajstić information content (AvgIpc) is 3.01. The summed E-state index contributed by atoms with van der Waals surface area (Å²) in [5.74, 6) is 1.87. The Balaban J connectivity index is 1.24. The van der Waals surface area contributed by atoms with Crippen molar-refractivity contribution in [1.82, 2.24) is 10.6 Å². The van der Waals surface area contributed by atoms with Crippen LogP contribution in [0.4, 0.5) is 0 Å². The van der Waals surface area contributed by atoms with E-state index in [4.69, 9.17) is 16.6 Å². The summed E-state index contributed by atoms with van der Waals surface area (Å²) in [7, 11) is 0. The van der Waals surface area contributed by atoms with Gasteiger partial charge in [0.2, 0.25) is 0 Å². The zero-order valence-corrected chi connectivity index (χ0v) is 23.1. The van der Waals surface area contributed by atoms with Gasteiger partial charge in [0.05, 0.1) is 5.38 Å². The first-order valence-electron chi connectivity index (χ1n) is 14.6. The Kier molecular flexibility index (Phi) is 6.88. The molecule has 0 saturated carbocycles. The number of fused-ring (bicyclic) bond motifs is 2. The Hall–Kier alpha value is -3.14. The maximum atomic E-state index is 7.00. The van der Waals surface area contributed by atoms with Gasteiger partial charge in [-0.05, 0) is 84.0 Å². The number of nitrogens with one attached hydrogen (secondary N) is 2. The minimum Gasteiger partial charge on any atom is -0.351 e. The highest BCUT2D eigenvalue weighted by molar-refractivity contribution is 6.22. The molecule has 0 amide bonds. The van der Waals surface area contributed by atoms with E-state index in [9.17, 15) is 0 Å². The Bertz CT molecular complexity index is 1420. The lowest BCUT2D eigenvalue weighted by Crippen LogP contribution is -2.56. The van der Waals surface area contributed by atoms with Crippen LogP contribution in [0.15, 0.2) is 135 Å². The third-order valence-corrected chi connectivity index (χ3v) is 9.10. The Morgan fingerprint density at radius 1 is 0.846 bits per heavy atom. The van der Waals surface area contributed by atoms with Gasteiger partial charge in [0.15, 0.2) is 0 Å². The Morgan fingerprint density at radius 3 is 2.54 bits per heavy atom. The third-order valence-electron chi connectivity index (χ3n) is 8.82. The van der Waals surface area contributed by atoms with E-state index in [1.807, 2.05) is 0 Å². The summed E-state index contributed by atoms with van der Waals surface area (Å²) in [6.07, 6.45) is 41.4. The zero-order valence-electron chi connectivity index (χ0n) is 22.3. The summed E-state index contributed by atoms with van der Waals surface area (Å²) in [6.45, 7) is 0. The SMILES string of the molecule is ClC1C=C(C2NC(C3=CC=CCC3)=NC(C3=CC=CCC3)N2)C=C(C2=CC3C=CC=CC3C3=C2CCC=C3)C1. The summed E-state index contributed by atoms with van der Waals surface area (Å²) in [5.41, 5.74) is 9.62. The Morgan fingerprint density at radius 2 is 1.69 bits per heavy atom. The highest BCUT2D eigenvalue weighted by atomic mass is 35.5. The van der Waals surface area contributed by atoms with Crippen LogP contribution < -0.4 is 10.6 Å². The number of allylic oxidation sites excluding steroid dienone is 18. The molecule has 5 atom stereocenters. The summed E-state index contributed by atoms with van der Waals surface area (Å²) in [5, 5.41) is 7.55. The molecule has 1 heterocycles. The molecule has 0 spiro atoms. The van der Waals surface area contributed by atoms with Crippen LogP contribution in [-0.2, 0) is 0 Å². The molecule has 0 saturated heterocycles. The van der Waals surface area contributed by atoms with Crippen LogP contribution >= 0.6 is 11.6 Å². The van der Waals surface area contributed by atoms with Gasteiger partial charge < -0.3 is 5.32 Å². The first kappa shape index (κ1) is 24.9. The van der Waals surface area contributed by atoms with Crippen LogP contribution in [0, 0.1) is 11.8 Å². The maximum absolute atomic E-state index is 7.00. The van der Waals surface area contributed by atoms with Gasteiger partial charge >= 0.3 is 0 Å². The number of aliphatic imine (C=N–C) groups is 1. The second kappa shape index (κ2) is 10.8. The van der Waals surface area contributed by atoms with Crippen LogP contribution in [0.2, 0.25) is 0 Å². The molecule has 7 rings (SSSR count). The number of hydrogen-bond donors (Lipinski definition) is 2. The molecule has 4 heteroatoms. The van der Waals surface area contributed by atoms with Gasteiger partial charge in [0, 0.05) is 11.8 Å². The maximum Gasteiger partial charge on any atom is 0.127 e. The number of amidine groups is 1. The molecule has 7 aliphatic rings. The molecule has 3 nitrogen and oxygen atoms in total. The van der Waals surface area contributed by atoms with Crippen molar-refractivity contribution in [1.29, 1.82) is 0 Å². The number of alkyl halides is 1. The third kappa shape index (κ3) is 4.99. The lowest BCUT2D eigenvalue weighted by Gasteiger charge is -2.37. The standard InChI is InChI=1S/C35H36ClN3/c36-28-20-26(32-22-25-15-7-8-16-29(25)30-17-9-10-18-31(30)32)19-27(21-28)35-38-33(23-11-3-1-4-12-23)37-34(39-35)24-13-5-2-6-14-24/h1-3,5,7-9,11,13,15-17,19,21-22,25,28-29,33,35,38H,4,6,10,12,14,18,20H2,(H,37,39). The number of nitrogens with zero attached hydrogens (tertiary/aromatic N) is 1. The van der Waals surface area contributed by atoms with Gasteiger partial charge in [-0.1, -0.05) is 91.1 Å². The lowest BCUT2D eigenvalue weighted by molar-refractivity contribution is 0.455. The fourth-order valence-corrected chi connectivity index (χ4v) is 7.17. The molecular weight excluding hydrogens is 498 g/mol. The molecule has 1 aliphatic heterocycles. The van der Waals surface area contributed by atoms with E-state index in [2.05, 4.69) is 102 Å². The largest absolute Gasteiger partial charge is 0.351 e. The molecular formula is C35H36ClN3. The van der Waals surface area contributed by atoms with Crippen LogP contribution in [0.1, 0.15) is 44.9 Å². The van der Waals surface area contributed by atoms with Gasteiger partial charge in [0.1, 0.15) is 18.2 Å². The van der Waals surface area contributed by atoms with Crippen molar-refractivity contribution in [2.24, 2.45) is 16.8 Å². The minimum atomic E-state index is -0.0492. The van der Waals surface area contributed by atoms with Crippen LogP contribution in [0.25, 0.3) is 0 Å². The van der Waals surface area contributed by atoms with Crippen LogP contribution in [-0.4, -0.2) is 23.5 Å². The van der Waals surface area contributed by atoms with Gasteiger partial charge in [0.25, 0.3) is 0 Å². The van der Waals surface area contributed by atoms with E-state index in [1.165, 1.54) is 39.0 Å². The first-order chi connectivity index (χ1) is 19.2. The van der Waals surface area contributed by atoms with Crippen molar-refractivity contribution in [2.45, 2.75) is 62.7 Å². The number of halogens is 1. The molecule has 0 fully saturated rings. The highest BCUT2D eigenvalue weighted by Crippen LogP contribution is 2.45. The van der Waals surface area contributed by atoms with E-state index in [-0.39, 0.29) is 17.7 Å². The summed E-state index contributed by atoms with van der Waals surface area (Å²) < 4.78 is 0. The van der Waals surface area contributed by atoms with Crippen molar-refractivity contribution >= 4 is 17.4 Å². The second-order valence-electron chi connectivity index (χ2n) is 11.4.